The van der Waals surface area contributed by atoms with E-state index in [-0.39, 0.29) is 11.6 Å². The van der Waals surface area contributed by atoms with E-state index in [9.17, 15) is 4.79 Å². The Kier molecular flexibility index (Phi) is 7.75. The van der Waals surface area contributed by atoms with Gasteiger partial charge in [-0.1, -0.05) is 67.6 Å². The SMILES string of the molecule is CC[C@@H](c1nnnn1CCc1ccccc1)N(Cc1ccccc1)Cc1cc2cc(C)c(C)cc2[nH]c1=O. The highest BCUT2D eigenvalue weighted by Gasteiger charge is 2.26. The Morgan fingerprint density at radius 2 is 1.58 bits per heavy atom. The van der Waals surface area contributed by atoms with Gasteiger partial charge in [-0.2, -0.15) is 0 Å². The highest BCUT2D eigenvalue weighted by molar-refractivity contribution is 5.80. The van der Waals surface area contributed by atoms with Gasteiger partial charge in [-0.25, -0.2) is 4.68 Å². The van der Waals surface area contributed by atoms with E-state index in [1.54, 1.807) is 0 Å². The Labute approximate surface area is 223 Å². The average Bonchev–Trinajstić information content (AvgIpc) is 3.39. The lowest BCUT2D eigenvalue weighted by Gasteiger charge is -2.30. The summed E-state index contributed by atoms with van der Waals surface area (Å²) in [6.07, 6.45) is 1.65. The fourth-order valence-corrected chi connectivity index (χ4v) is 5.05. The molecule has 38 heavy (non-hydrogen) atoms. The van der Waals surface area contributed by atoms with Gasteiger partial charge in [0.15, 0.2) is 5.82 Å². The van der Waals surface area contributed by atoms with E-state index in [4.69, 9.17) is 0 Å². The lowest BCUT2D eigenvalue weighted by molar-refractivity contribution is 0.160. The Morgan fingerprint density at radius 1 is 0.895 bits per heavy atom. The number of tetrazole rings is 1. The van der Waals surface area contributed by atoms with Crippen molar-refractivity contribution in [2.75, 3.05) is 0 Å². The van der Waals surface area contributed by atoms with Gasteiger partial charge in [-0.3, -0.25) is 9.69 Å². The summed E-state index contributed by atoms with van der Waals surface area (Å²) in [5.74, 6) is 0.822. The summed E-state index contributed by atoms with van der Waals surface area (Å²) in [5, 5.41) is 13.9. The van der Waals surface area contributed by atoms with E-state index in [2.05, 4.69) is 88.6 Å². The molecule has 7 heteroatoms. The van der Waals surface area contributed by atoms with Gasteiger partial charge in [0, 0.05) is 30.7 Å². The van der Waals surface area contributed by atoms with Crippen LogP contribution in [0.2, 0.25) is 0 Å². The van der Waals surface area contributed by atoms with Gasteiger partial charge in [-0.05, 0) is 83.0 Å². The second kappa shape index (κ2) is 11.5. The van der Waals surface area contributed by atoms with Crippen LogP contribution in [-0.2, 0) is 26.1 Å². The molecule has 0 fully saturated rings. The Balaban J connectivity index is 1.48. The van der Waals surface area contributed by atoms with Gasteiger partial charge < -0.3 is 4.98 Å². The lowest BCUT2D eigenvalue weighted by Crippen LogP contribution is -2.32. The highest BCUT2D eigenvalue weighted by atomic mass is 16.1. The normalized spacial score (nSPS) is 12.3. The maximum atomic E-state index is 13.2. The lowest BCUT2D eigenvalue weighted by atomic mass is 10.0. The molecule has 0 aliphatic rings. The predicted octanol–water partition coefficient (Wildman–Crippen LogP) is 5.53. The summed E-state index contributed by atoms with van der Waals surface area (Å²) in [5.41, 5.74) is 6.35. The minimum absolute atomic E-state index is 0.0580. The van der Waals surface area contributed by atoms with Gasteiger partial charge >= 0.3 is 0 Å². The van der Waals surface area contributed by atoms with Gasteiger partial charge in [0.2, 0.25) is 0 Å². The number of hydrogen-bond donors (Lipinski definition) is 1. The molecular weight excluding hydrogens is 472 g/mol. The van der Waals surface area contributed by atoms with Crippen molar-refractivity contribution in [3.8, 4) is 0 Å². The fourth-order valence-electron chi connectivity index (χ4n) is 5.05. The second-order valence-corrected chi connectivity index (χ2v) is 9.96. The zero-order valence-electron chi connectivity index (χ0n) is 22.3. The number of nitrogens with zero attached hydrogens (tertiary/aromatic N) is 5. The van der Waals surface area contributed by atoms with E-state index >= 15 is 0 Å². The molecule has 2 heterocycles. The van der Waals surface area contributed by atoms with Crippen LogP contribution in [0, 0.1) is 13.8 Å². The van der Waals surface area contributed by atoms with Crippen LogP contribution in [0.25, 0.3) is 10.9 Å². The third-order valence-electron chi connectivity index (χ3n) is 7.28. The molecule has 5 rings (SSSR count). The summed E-state index contributed by atoms with van der Waals surface area (Å²) in [6.45, 7) is 8.17. The Bertz CT molecular complexity index is 1560. The van der Waals surface area contributed by atoms with Crippen molar-refractivity contribution in [3.05, 3.63) is 123 Å². The van der Waals surface area contributed by atoms with Crippen LogP contribution >= 0.6 is 0 Å². The first kappa shape index (κ1) is 25.5. The molecule has 0 amide bonds. The number of hydrogen-bond acceptors (Lipinski definition) is 5. The third-order valence-corrected chi connectivity index (χ3v) is 7.28. The molecule has 7 nitrogen and oxygen atoms in total. The van der Waals surface area contributed by atoms with Crippen LogP contribution in [-0.4, -0.2) is 30.1 Å². The Hall–Kier alpha value is -4.10. The number of rotatable bonds is 10. The molecule has 5 aromatic rings. The van der Waals surface area contributed by atoms with E-state index in [1.807, 2.05) is 41.1 Å². The summed E-state index contributed by atoms with van der Waals surface area (Å²) < 4.78 is 1.91. The molecule has 2 aromatic heterocycles. The van der Waals surface area contributed by atoms with Crippen LogP contribution in [0.3, 0.4) is 0 Å². The number of aryl methyl sites for hydroxylation is 4. The van der Waals surface area contributed by atoms with Crippen LogP contribution in [0.15, 0.2) is 83.7 Å². The molecule has 0 spiro atoms. The van der Waals surface area contributed by atoms with Gasteiger partial charge in [0.1, 0.15) is 0 Å². The number of nitrogens with one attached hydrogen (secondary N) is 1. The highest BCUT2D eigenvalue weighted by Crippen LogP contribution is 2.27. The number of benzene rings is 3. The maximum absolute atomic E-state index is 13.2. The zero-order chi connectivity index (χ0) is 26.5. The fraction of sp³-hybridized carbons (Fsp3) is 0.290. The van der Waals surface area contributed by atoms with E-state index in [0.717, 1.165) is 35.1 Å². The zero-order valence-corrected chi connectivity index (χ0v) is 22.3. The molecule has 3 aromatic carbocycles. The first-order valence-corrected chi connectivity index (χ1v) is 13.2. The van der Waals surface area contributed by atoms with E-state index in [1.165, 1.54) is 22.3 Å². The number of aromatic nitrogens is 5. The molecule has 194 valence electrons. The van der Waals surface area contributed by atoms with Gasteiger partial charge in [-0.15, -0.1) is 5.10 Å². The maximum Gasteiger partial charge on any atom is 0.252 e. The van der Waals surface area contributed by atoms with Crippen LogP contribution in [0.5, 0.6) is 0 Å². The smallest absolute Gasteiger partial charge is 0.252 e. The minimum Gasteiger partial charge on any atom is -0.322 e. The Morgan fingerprint density at radius 3 is 2.29 bits per heavy atom. The quantitative estimate of drug-likeness (QED) is 0.270. The molecule has 1 atom stereocenters. The van der Waals surface area contributed by atoms with Crippen molar-refractivity contribution in [1.29, 1.82) is 0 Å². The number of pyridine rings is 1. The van der Waals surface area contributed by atoms with Crippen molar-refractivity contribution in [1.82, 2.24) is 30.1 Å². The molecule has 0 saturated heterocycles. The molecule has 0 bridgehead atoms. The monoisotopic (exact) mass is 506 g/mol. The van der Waals surface area contributed by atoms with Gasteiger partial charge in [0.05, 0.1) is 6.04 Å². The van der Waals surface area contributed by atoms with Crippen LogP contribution < -0.4 is 5.56 Å². The van der Waals surface area contributed by atoms with Crippen LogP contribution in [0.4, 0.5) is 0 Å². The summed E-state index contributed by atoms with van der Waals surface area (Å²) in [6, 6.07) is 26.9. The van der Waals surface area contributed by atoms with E-state index < -0.39 is 0 Å². The number of aromatic amines is 1. The topological polar surface area (TPSA) is 79.7 Å². The first-order chi connectivity index (χ1) is 18.5. The summed E-state index contributed by atoms with van der Waals surface area (Å²) in [4.78, 5) is 18.6. The van der Waals surface area contributed by atoms with Crippen molar-refractivity contribution < 1.29 is 0 Å². The largest absolute Gasteiger partial charge is 0.322 e. The average molecular weight is 507 g/mol. The molecule has 0 aliphatic heterocycles. The first-order valence-electron chi connectivity index (χ1n) is 13.2. The second-order valence-electron chi connectivity index (χ2n) is 9.96. The minimum atomic E-state index is -0.0594. The van der Waals surface area contributed by atoms with Crippen molar-refractivity contribution in [3.63, 3.8) is 0 Å². The molecule has 0 unspecified atom stereocenters. The third kappa shape index (κ3) is 5.73. The molecular formula is C31H34N6O. The molecule has 0 aliphatic carbocycles. The molecule has 0 saturated carbocycles. The van der Waals surface area contributed by atoms with Gasteiger partial charge in [0.25, 0.3) is 5.56 Å². The van der Waals surface area contributed by atoms with Crippen molar-refractivity contribution in [2.45, 2.75) is 59.3 Å². The van der Waals surface area contributed by atoms with Crippen LogP contribution in [0.1, 0.15) is 53.0 Å². The number of fused-ring (bicyclic) bond motifs is 1. The standard InChI is InChI=1S/C31H34N6O/c1-4-29(30-33-34-35-37(30)16-15-24-11-7-5-8-12-24)36(20-25-13-9-6-10-14-25)21-27-19-26-17-22(2)23(3)18-28(26)32-31(27)38/h5-14,17-19,29H,4,15-16,20-21H2,1-3H3,(H,32,38)/t29-/m0/s1. The predicted molar refractivity (Wildman–Crippen MR) is 151 cm³/mol. The number of H-pyrrole nitrogens is 1. The molecule has 1 N–H and O–H groups in total. The van der Waals surface area contributed by atoms with E-state index in [0.29, 0.717) is 19.6 Å². The molecule has 0 radical (unpaired) electrons. The van der Waals surface area contributed by atoms with Crippen molar-refractivity contribution in [2.24, 2.45) is 0 Å². The van der Waals surface area contributed by atoms with Crippen molar-refractivity contribution >= 4 is 10.9 Å². The summed E-state index contributed by atoms with van der Waals surface area (Å²) >= 11 is 0. The summed E-state index contributed by atoms with van der Waals surface area (Å²) in [7, 11) is 0.